The molecule has 0 aromatic carbocycles. The van der Waals surface area contributed by atoms with Gasteiger partial charge in [-0.25, -0.2) is 4.98 Å². The van der Waals surface area contributed by atoms with Gasteiger partial charge in [-0.3, -0.25) is 9.59 Å². The Morgan fingerprint density at radius 1 is 1.47 bits per heavy atom. The average Bonchev–Trinajstić information content (AvgIpc) is 2.29. The van der Waals surface area contributed by atoms with Gasteiger partial charge < -0.3 is 16.4 Å². The fourth-order valence-electron chi connectivity index (χ4n) is 1.63. The lowest BCUT2D eigenvalue weighted by atomic mass is 10.1. The summed E-state index contributed by atoms with van der Waals surface area (Å²) in [5.41, 5.74) is 11.2. The van der Waals surface area contributed by atoms with E-state index in [1.807, 2.05) is 13.8 Å². The van der Waals surface area contributed by atoms with Crippen molar-refractivity contribution in [2.75, 3.05) is 18.8 Å². The lowest BCUT2D eigenvalue weighted by molar-refractivity contribution is -0.118. The standard InChI is InChI=1S/C12H17ClN4O2/c1-7(2)5-17(6-10(15)18)12(19)9-3-8(14)4-16-11(9)13/h3-4,7H,5-6,14H2,1-2H3,(H2,15,18). The Labute approximate surface area is 116 Å². The number of nitrogens with two attached hydrogens (primary N) is 2. The number of pyridine rings is 1. The van der Waals surface area contributed by atoms with Gasteiger partial charge in [0, 0.05) is 6.54 Å². The van der Waals surface area contributed by atoms with E-state index in [0.717, 1.165) is 0 Å². The first kappa shape index (κ1) is 15.2. The summed E-state index contributed by atoms with van der Waals surface area (Å²) in [7, 11) is 0. The summed E-state index contributed by atoms with van der Waals surface area (Å²) in [6.45, 7) is 4.09. The molecule has 0 bridgehead atoms. The summed E-state index contributed by atoms with van der Waals surface area (Å²) in [6, 6.07) is 1.44. The molecule has 104 valence electrons. The van der Waals surface area contributed by atoms with Crippen LogP contribution in [0.3, 0.4) is 0 Å². The van der Waals surface area contributed by atoms with Gasteiger partial charge in [0.05, 0.1) is 24.0 Å². The highest BCUT2D eigenvalue weighted by molar-refractivity contribution is 6.32. The first-order valence-electron chi connectivity index (χ1n) is 5.79. The SMILES string of the molecule is CC(C)CN(CC(N)=O)C(=O)c1cc(N)cnc1Cl. The Morgan fingerprint density at radius 3 is 2.63 bits per heavy atom. The minimum absolute atomic E-state index is 0.0532. The molecule has 0 atom stereocenters. The number of hydrogen-bond acceptors (Lipinski definition) is 4. The van der Waals surface area contributed by atoms with Crippen LogP contribution in [0, 0.1) is 5.92 Å². The van der Waals surface area contributed by atoms with E-state index in [9.17, 15) is 9.59 Å². The number of nitrogens with zero attached hydrogens (tertiary/aromatic N) is 2. The quantitative estimate of drug-likeness (QED) is 0.784. The molecule has 1 heterocycles. The summed E-state index contributed by atoms with van der Waals surface area (Å²) >= 11 is 5.88. The molecule has 2 amide bonds. The molecule has 0 spiro atoms. The highest BCUT2D eigenvalue weighted by atomic mass is 35.5. The van der Waals surface area contributed by atoms with Crippen molar-refractivity contribution in [3.8, 4) is 0 Å². The molecule has 7 heteroatoms. The van der Waals surface area contributed by atoms with Crippen molar-refractivity contribution >= 4 is 29.1 Å². The predicted octanol–water partition coefficient (Wildman–Crippen LogP) is 0.901. The van der Waals surface area contributed by atoms with Crippen LogP contribution in [-0.2, 0) is 4.79 Å². The van der Waals surface area contributed by atoms with Gasteiger partial charge >= 0.3 is 0 Å². The van der Waals surface area contributed by atoms with E-state index in [4.69, 9.17) is 23.1 Å². The molecule has 6 nitrogen and oxygen atoms in total. The normalized spacial score (nSPS) is 10.5. The summed E-state index contributed by atoms with van der Waals surface area (Å²) in [4.78, 5) is 28.5. The number of hydrogen-bond donors (Lipinski definition) is 2. The van der Waals surface area contributed by atoms with E-state index in [1.54, 1.807) is 0 Å². The van der Waals surface area contributed by atoms with Crippen molar-refractivity contribution in [3.63, 3.8) is 0 Å². The Bertz CT molecular complexity index is 491. The van der Waals surface area contributed by atoms with Crippen molar-refractivity contribution in [2.24, 2.45) is 11.7 Å². The molecule has 19 heavy (non-hydrogen) atoms. The average molecular weight is 285 g/mol. The third kappa shape index (κ3) is 4.40. The highest BCUT2D eigenvalue weighted by Gasteiger charge is 2.21. The summed E-state index contributed by atoms with van der Waals surface area (Å²) in [5, 5.41) is 0.0532. The van der Waals surface area contributed by atoms with Gasteiger partial charge in [0.1, 0.15) is 5.15 Å². The largest absolute Gasteiger partial charge is 0.397 e. The molecule has 0 aliphatic rings. The first-order valence-corrected chi connectivity index (χ1v) is 6.17. The van der Waals surface area contributed by atoms with Crippen molar-refractivity contribution in [3.05, 3.63) is 23.0 Å². The van der Waals surface area contributed by atoms with Gasteiger partial charge in [0.25, 0.3) is 5.91 Å². The third-order valence-electron chi connectivity index (χ3n) is 2.31. The summed E-state index contributed by atoms with van der Waals surface area (Å²) in [6.07, 6.45) is 1.36. The maximum Gasteiger partial charge on any atom is 0.257 e. The molecule has 4 N–H and O–H groups in total. The number of carbonyl (C=O) groups excluding carboxylic acids is 2. The zero-order valence-corrected chi connectivity index (χ0v) is 11.6. The van der Waals surface area contributed by atoms with Crippen molar-refractivity contribution in [1.29, 1.82) is 0 Å². The molecule has 0 radical (unpaired) electrons. The predicted molar refractivity (Wildman–Crippen MR) is 73.6 cm³/mol. The molecule has 1 aromatic rings. The lowest BCUT2D eigenvalue weighted by Gasteiger charge is -2.23. The van der Waals surface area contributed by atoms with Crippen LogP contribution in [0.15, 0.2) is 12.3 Å². The Kier molecular flexibility index (Phi) is 5.11. The van der Waals surface area contributed by atoms with E-state index in [2.05, 4.69) is 4.98 Å². The van der Waals surface area contributed by atoms with Gasteiger partial charge in [-0.05, 0) is 12.0 Å². The smallest absolute Gasteiger partial charge is 0.257 e. The molecule has 0 unspecified atom stereocenters. The first-order chi connectivity index (χ1) is 8.81. The maximum atomic E-state index is 12.3. The van der Waals surface area contributed by atoms with Crippen molar-refractivity contribution < 1.29 is 9.59 Å². The number of carbonyl (C=O) groups is 2. The zero-order valence-electron chi connectivity index (χ0n) is 10.9. The molecular formula is C12H17ClN4O2. The monoisotopic (exact) mass is 284 g/mol. The molecule has 1 rings (SSSR count). The zero-order chi connectivity index (χ0) is 14.6. The highest BCUT2D eigenvalue weighted by Crippen LogP contribution is 2.18. The minimum Gasteiger partial charge on any atom is -0.397 e. The molecule has 0 aliphatic carbocycles. The number of nitrogen functional groups attached to an aromatic ring is 1. The lowest BCUT2D eigenvalue weighted by Crippen LogP contribution is -2.40. The molecule has 0 saturated carbocycles. The second-order valence-corrected chi connectivity index (χ2v) is 5.01. The second kappa shape index (κ2) is 6.38. The second-order valence-electron chi connectivity index (χ2n) is 4.65. The van der Waals surface area contributed by atoms with Gasteiger partial charge in [-0.2, -0.15) is 0 Å². The third-order valence-corrected chi connectivity index (χ3v) is 2.61. The number of aromatic nitrogens is 1. The van der Waals surface area contributed by atoms with Crippen LogP contribution < -0.4 is 11.5 Å². The van der Waals surface area contributed by atoms with Crippen molar-refractivity contribution in [1.82, 2.24) is 9.88 Å². The molecule has 1 aromatic heterocycles. The van der Waals surface area contributed by atoms with Crippen LogP contribution >= 0.6 is 11.6 Å². The molecule has 0 fully saturated rings. The number of rotatable bonds is 5. The Balaban J connectivity index is 3.03. The summed E-state index contributed by atoms with van der Waals surface area (Å²) < 4.78 is 0. The van der Waals surface area contributed by atoms with Crippen molar-refractivity contribution in [2.45, 2.75) is 13.8 Å². The topological polar surface area (TPSA) is 102 Å². The van der Waals surface area contributed by atoms with E-state index >= 15 is 0 Å². The van der Waals surface area contributed by atoms with Gasteiger partial charge in [0.15, 0.2) is 0 Å². The number of amides is 2. The molecular weight excluding hydrogens is 268 g/mol. The van der Waals surface area contributed by atoms with Crippen LogP contribution in [0.1, 0.15) is 24.2 Å². The van der Waals surface area contributed by atoms with Crippen LogP contribution in [-0.4, -0.2) is 34.8 Å². The van der Waals surface area contributed by atoms with E-state index in [-0.39, 0.29) is 23.2 Å². The number of anilines is 1. The van der Waals surface area contributed by atoms with Crippen LogP contribution in [0.2, 0.25) is 5.15 Å². The Morgan fingerprint density at radius 2 is 2.11 bits per heavy atom. The molecule has 0 saturated heterocycles. The van der Waals surface area contributed by atoms with Crippen LogP contribution in [0.4, 0.5) is 5.69 Å². The van der Waals surface area contributed by atoms with E-state index < -0.39 is 11.8 Å². The fourth-order valence-corrected chi connectivity index (χ4v) is 1.82. The van der Waals surface area contributed by atoms with Gasteiger partial charge in [-0.15, -0.1) is 0 Å². The van der Waals surface area contributed by atoms with E-state index in [1.165, 1.54) is 17.2 Å². The van der Waals surface area contributed by atoms with Crippen LogP contribution in [0.5, 0.6) is 0 Å². The summed E-state index contributed by atoms with van der Waals surface area (Å²) in [5.74, 6) is -0.796. The number of primary amides is 1. The van der Waals surface area contributed by atoms with Gasteiger partial charge in [-0.1, -0.05) is 25.4 Å². The number of halogens is 1. The maximum absolute atomic E-state index is 12.3. The minimum atomic E-state index is -0.581. The van der Waals surface area contributed by atoms with Crippen LogP contribution in [0.25, 0.3) is 0 Å². The Hall–Kier alpha value is -1.82. The molecule has 0 aliphatic heterocycles. The fraction of sp³-hybridized carbons (Fsp3) is 0.417. The van der Waals surface area contributed by atoms with E-state index in [0.29, 0.717) is 12.2 Å². The van der Waals surface area contributed by atoms with Gasteiger partial charge in [0.2, 0.25) is 5.91 Å².